The second kappa shape index (κ2) is 4.46. The van der Waals surface area contributed by atoms with Crippen molar-refractivity contribution in [2.24, 2.45) is 0 Å². The summed E-state index contributed by atoms with van der Waals surface area (Å²) in [6, 6.07) is 0. The molecule has 1 fully saturated rings. The first-order valence-electron chi connectivity index (χ1n) is 5.80. The Hall–Kier alpha value is -1.23. The number of likely N-dealkylation sites (tertiary alicyclic amines) is 1. The Morgan fingerprint density at radius 1 is 1.50 bits per heavy atom. The van der Waals surface area contributed by atoms with Gasteiger partial charge in [0.15, 0.2) is 5.82 Å². The Kier molecular flexibility index (Phi) is 3.27. The van der Waals surface area contributed by atoms with Crippen LogP contribution in [-0.2, 0) is 4.79 Å². The van der Waals surface area contributed by atoms with Crippen LogP contribution in [0.2, 0.25) is 5.28 Å². The van der Waals surface area contributed by atoms with Crippen molar-refractivity contribution in [1.82, 2.24) is 14.9 Å². The van der Waals surface area contributed by atoms with Gasteiger partial charge < -0.3 is 4.90 Å². The van der Waals surface area contributed by atoms with Gasteiger partial charge in [-0.25, -0.2) is 14.4 Å². The van der Waals surface area contributed by atoms with Crippen LogP contribution in [0.5, 0.6) is 0 Å². The van der Waals surface area contributed by atoms with Gasteiger partial charge in [-0.1, -0.05) is 0 Å². The lowest BCUT2D eigenvalue weighted by molar-refractivity contribution is -0.133. The van der Waals surface area contributed by atoms with Crippen LogP contribution in [0.1, 0.15) is 38.8 Å². The Morgan fingerprint density at radius 2 is 2.17 bits per heavy atom. The van der Waals surface area contributed by atoms with Crippen LogP contribution in [-0.4, -0.2) is 32.9 Å². The highest BCUT2D eigenvalue weighted by atomic mass is 35.5. The number of aromatic nitrogens is 2. The molecule has 1 aliphatic rings. The Morgan fingerprint density at radius 3 is 2.72 bits per heavy atom. The molecule has 4 nitrogen and oxygen atoms in total. The Labute approximate surface area is 110 Å². The third-order valence-electron chi connectivity index (χ3n) is 3.09. The highest BCUT2D eigenvalue weighted by molar-refractivity contribution is 6.28. The molecule has 1 aromatic rings. The van der Waals surface area contributed by atoms with Gasteiger partial charge in [0.05, 0.1) is 17.8 Å². The van der Waals surface area contributed by atoms with E-state index in [9.17, 15) is 9.18 Å². The quantitative estimate of drug-likeness (QED) is 0.737. The van der Waals surface area contributed by atoms with E-state index in [0.29, 0.717) is 13.0 Å². The maximum Gasteiger partial charge on any atom is 0.232 e. The van der Waals surface area contributed by atoms with Gasteiger partial charge in [-0.05, 0) is 38.8 Å². The van der Waals surface area contributed by atoms with E-state index in [1.165, 1.54) is 0 Å². The van der Waals surface area contributed by atoms with Crippen LogP contribution in [0.4, 0.5) is 4.39 Å². The van der Waals surface area contributed by atoms with Crippen molar-refractivity contribution < 1.29 is 9.18 Å². The molecule has 0 spiro atoms. The number of hydrogen-bond acceptors (Lipinski definition) is 3. The first-order chi connectivity index (χ1) is 8.30. The topological polar surface area (TPSA) is 46.1 Å². The van der Waals surface area contributed by atoms with Gasteiger partial charge in [-0.15, -0.1) is 0 Å². The van der Waals surface area contributed by atoms with Gasteiger partial charge in [0.1, 0.15) is 0 Å². The van der Waals surface area contributed by atoms with Crippen LogP contribution in [0.3, 0.4) is 0 Å². The smallest absolute Gasteiger partial charge is 0.232 e. The molecule has 0 aromatic carbocycles. The largest absolute Gasteiger partial charge is 0.337 e. The Bertz CT molecular complexity index is 487. The molecule has 1 aliphatic heterocycles. The van der Waals surface area contributed by atoms with E-state index < -0.39 is 11.7 Å². The molecule has 1 aromatic heterocycles. The molecule has 98 valence electrons. The number of hydrogen-bond donors (Lipinski definition) is 0. The van der Waals surface area contributed by atoms with Crippen LogP contribution in [0.15, 0.2) is 6.20 Å². The number of halogens is 2. The molecule has 1 unspecified atom stereocenters. The van der Waals surface area contributed by atoms with Crippen LogP contribution < -0.4 is 0 Å². The van der Waals surface area contributed by atoms with Crippen molar-refractivity contribution >= 4 is 17.5 Å². The molecule has 2 rings (SSSR count). The second-order valence-corrected chi connectivity index (χ2v) is 5.71. The van der Waals surface area contributed by atoms with E-state index >= 15 is 0 Å². The molecule has 0 bridgehead atoms. The predicted octanol–water partition coefficient (Wildman–Crippen LogP) is 2.38. The van der Waals surface area contributed by atoms with E-state index in [4.69, 9.17) is 11.6 Å². The van der Waals surface area contributed by atoms with E-state index in [1.54, 1.807) is 4.90 Å². The fourth-order valence-corrected chi connectivity index (χ4v) is 2.34. The average Bonchev–Trinajstić information content (AvgIpc) is 2.63. The summed E-state index contributed by atoms with van der Waals surface area (Å²) in [6.07, 6.45) is 1.57. The van der Waals surface area contributed by atoms with Crippen molar-refractivity contribution in [3.05, 3.63) is 23.0 Å². The summed E-state index contributed by atoms with van der Waals surface area (Å²) in [6.45, 7) is 6.47. The number of carbonyl (C=O) groups is 1. The zero-order valence-electron chi connectivity index (χ0n) is 10.6. The summed E-state index contributed by atoms with van der Waals surface area (Å²) in [5, 5.41) is -0.0339. The second-order valence-electron chi connectivity index (χ2n) is 5.37. The third-order valence-corrected chi connectivity index (χ3v) is 3.27. The summed E-state index contributed by atoms with van der Waals surface area (Å²) >= 11 is 5.66. The minimum absolute atomic E-state index is 0.0339. The van der Waals surface area contributed by atoms with Gasteiger partial charge in [-0.2, -0.15) is 0 Å². The monoisotopic (exact) mass is 271 g/mol. The minimum Gasteiger partial charge on any atom is -0.337 e. The van der Waals surface area contributed by atoms with Gasteiger partial charge in [0.2, 0.25) is 11.2 Å². The molecular formula is C12H15ClFN3O. The third kappa shape index (κ3) is 2.32. The molecule has 0 N–H and O–H groups in total. The van der Waals surface area contributed by atoms with Crippen molar-refractivity contribution in [2.45, 2.75) is 38.6 Å². The summed E-state index contributed by atoms with van der Waals surface area (Å²) < 4.78 is 13.7. The highest BCUT2D eigenvalue weighted by Crippen LogP contribution is 2.33. The fraction of sp³-hybridized carbons (Fsp3) is 0.583. The zero-order chi connectivity index (χ0) is 13.5. The number of amides is 1. The van der Waals surface area contributed by atoms with Crippen LogP contribution in [0.25, 0.3) is 0 Å². The normalized spacial score (nSPS) is 20.6. The highest BCUT2D eigenvalue weighted by Gasteiger charge is 2.40. The summed E-state index contributed by atoms with van der Waals surface area (Å²) in [5.41, 5.74) is -0.161. The van der Waals surface area contributed by atoms with Crippen LogP contribution in [0, 0.1) is 5.82 Å². The zero-order valence-corrected chi connectivity index (χ0v) is 11.3. The fourth-order valence-electron chi connectivity index (χ4n) is 2.20. The van der Waals surface area contributed by atoms with E-state index in [1.807, 2.05) is 20.8 Å². The number of nitrogens with zero attached hydrogens (tertiary/aromatic N) is 3. The van der Waals surface area contributed by atoms with Gasteiger partial charge in [0.25, 0.3) is 0 Å². The number of carbonyl (C=O) groups excluding carboxylic acids is 1. The lowest BCUT2D eigenvalue weighted by Crippen LogP contribution is -2.42. The molecule has 6 heteroatoms. The van der Waals surface area contributed by atoms with E-state index in [0.717, 1.165) is 6.20 Å². The molecule has 2 heterocycles. The van der Waals surface area contributed by atoms with Crippen molar-refractivity contribution in [1.29, 1.82) is 0 Å². The van der Waals surface area contributed by atoms with Gasteiger partial charge >= 0.3 is 0 Å². The average molecular weight is 272 g/mol. The minimum atomic E-state index is -0.575. The summed E-state index contributed by atoms with van der Waals surface area (Å²) in [4.78, 5) is 21.4. The Balaban J connectivity index is 2.32. The summed E-state index contributed by atoms with van der Waals surface area (Å²) in [7, 11) is 0. The van der Waals surface area contributed by atoms with Crippen molar-refractivity contribution in [2.75, 3.05) is 6.54 Å². The maximum atomic E-state index is 13.7. The van der Waals surface area contributed by atoms with Crippen molar-refractivity contribution in [3.8, 4) is 0 Å². The lowest BCUT2D eigenvalue weighted by Gasteiger charge is -2.32. The summed E-state index contributed by atoms with van der Waals surface area (Å²) in [5.74, 6) is -1.23. The lowest BCUT2D eigenvalue weighted by atomic mass is 10.0. The number of rotatable bonds is 1. The first-order valence-corrected chi connectivity index (χ1v) is 6.18. The van der Waals surface area contributed by atoms with E-state index in [2.05, 4.69) is 9.97 Å². The molecule has 0 radical (unpaired) electrons. The molecule has 1 saturated heterocycles. The molecule has 0 saturated carbocycles. The first kappa shape index (κ1) is 13.2. The van der Waals surface area contributed by atoms with Gasteiger partial charge in [0, 0.05) is 12.1 Å². The van der Waals surface area contributed by atoms with Gasteiger partial charge in [-0.3, -0.25) is 4.79 Å². The predicted molar refractivity (Wildman–Crippen MR) is 65.8 cm³/mol. The molecule has 18 heavy (non-hydrogen) atoms. The van der Waals surface area contributed by atoms with Crippen molar-refractivity contribution in [3.63, 3.8) is 0 Å². The molecule has 1 amide bonds. The maximum absolute atomic E-state index is 13.7. The van der Waals surface area contributed by atoms with Crippen LogP contribution >= 0.6 is 11.6 Å². The molecular weight excluding hydrogens is 257 g/mol. The SMILES string of the molecule is CC(C)(C)N1CCC(c2nc(Cl)ncc2F)C1=O. The van der Waals surface area contributed by atoms with E-state index in [-0.39, 0.29) is 22.4 Å². The standard InChI is InChI=1S/C12H15ClFN3O/c1-12(2,3)17-5-4-7(10(17)18)9-8(14)6-15-11(13)16-9/h6-7H,4-5H2,1-3H3. The molecule has 0 aliphatic carbocycles. The molecule has 1 atom stereocenters.